The van der Waals surface area contributed by atoms with E-state index in [9.17, 15) is 14.4 Å². The normalized spacial score (nSPS) is 14.6. The van der Waals surface area contributed by atoms with Gasteiger partial charge >= 0.3 is 0 Å². The first-order valence-corrected chi connectivity index (χ1v) is 8.19. The van der Waals surface area contributed by atoms with Crippen molar-refractivity contribution in [3.63, 3.8) is 0 Å². The molecule has 2 aromatic rings. The molecule has 3 amide bonds. The number of carbonyl (C=O) groups excluding carboxylic acids is 3. The number of rotatable bonds is 5. The molecule has 0 aliphatic carbocycles. The second-order valence-corrected chi connectivity index (χ2v) is 6.30. The molecule has 0 radical (unpaired) electrons. The van der Waals surface area contributed by atoms with Gasteiger partial charge in [-0.2, -0.15) is 0 Å². The van der Waals surface area contributed by atoms with E-state index in [2.05, 4.69) is 5.32 Å². The van der Waals surface area contributed by atoms with Crippen molar-refractivity contribution in [3.05, 3.63) is 58.5 Å². The molecular formula is C19H20N2O4. The van der Waals surface area contributed by atoms with E-state index in [1.54, 1.807) is 18.2 Å². The smallest absolute Gasteiger partial charge is 0.261 e. The first-order valence-electron chi connectivity index (χ1n) is 8.19. The van der Waals surface area contributed by atoms with Gasteiger partial charge in [-0.25, -0.2) is 0 Å². The van der Waals surface area contributed by atoms with Gasteiger partial charge in [0.05, 0.1) is 17.2 Å². The summed E-state index contributed by atoms with van der Waals surface area (Å²) in [4.78, 5) is 38.0. The van der Waals surface area contributed by atoms with Gasteiger partial charge in [0.2, 0.25) is 5.91 Å². The number of amides is 3. The Morgan fingerprint density at radius 2 is 1.84 bits per heavy atom. The molecule has 1 aliphatic heterocycles. The molecule has 6 nitrogen and oxygen atoms in total. The average molecular weight is 340 g/mol. The van der Waals surface area contributed by atoms with Crippen LogP contribution >= 0.6 is 0 Å². The Bertz CT molecular complexity index is 853. The molecule has 130 valence electrons. The van der Waals surface area contributed by atoms with Crippen molar-refractivity contribution in [1.82, 2.24) is 10.2 Å². The molecule has 0 bridgehead atoms. The predicted molar refractivity (Wildman–Crippen MR) is 91.2 cm³/mol. The molecule has 1 aromatic heterocycles. The van der Waals surface area contributed by atoms with Crippen LogP contribution < -0.4 is 5.32 Å². The van der Waals surface area contributed by atoms with Crippen molar-refractivity contribution in [2.45, 2.75) is 33.2 Å². The lowest BCUT2D eigenvalue weighted by Gasteiger charge is -2.15. The van der Waals surface area contributed by atoms with E-state index in [0.29, 0.717) is 16.9 Å². The molecular weight excluding hydrogens is 320 g/mol. The number of carbonyl (C=O) groups is 3. The van der Waals surface area contributed by atoms with Crippen LogP contribution in [0, 0.1) is 13.8 Å². The van der Waals surface area contributed by atoms with E-state index in [0.717, 1.165) is 16.2 Å². The highest BCUT2D eigenvalue weighted by Crippen LogP contribution is 2.24. The minimum atomic E-state index is -0.345. The van der Waals surface area contributed by atoms with Crippen LogP contribution in [-0.2, 0) is 4.79 Å². The van der Waals surface area contributed by atoms with Gasteiger partial charge in [0.15, 0.2) is 0 Å². The summed E-state index contributed by atoms with van der Waals surface area (Å²) in [6.07, 6.45) is 0.0501. The highest BCUT2D eigenvalue weighted by molar-refractivity contribution is 6.21. The number of aryl methyl sites for hydroxylation is 2. The predicted octanol–water partition coefficient (Wildman–Crippen LogP) is 2.76. The summed E-state index contributed by atoms with van der Waals surface area (Å²) < 4.78 is 5.48. The summed E-state index contributed by atoms with van der Waals surface area (Å²) in [6.45, 7) is 5.58. The lowest BCUT2D eigenvalue weighted by molar-refractivity contribution is -0.121. The zero-order chi connectivity index (χ0) is 18.1. The quantitative estimate of drug-likeness (QED) is 0.849. The number of imide groups is 1. The highest BCUT2D eigenvalue weighted by atomic mass is 16.3. The summed E-state index contributed by atoms with van der Waals surface area (Å²) in [6, 6.07) is 8.54. The maximum atomic E-state index is 12.4. The van der Waals surface area contributed by atoms with Crippen LogP contribution in [0.2, 0.25) is 0 Å². The van der Waals surface area contributed by atoms with Crippen LogP contribution in [0.4, 0.5) is 0 Å². The number of nitrogens with one attached hydrogen (secondary N) is 1. The van der Waals surface area contributed by atoms with E-state index >= 15 is 0 Å². The van der Waals surface area contributed by atoms with E-state index in [4.69, 9.17) is 4.42 Å². The summed E-state index contributed by atoms with van der Waals surface area (Å²) >= 11 is 0. The van der Waals surface area contributed by atoms with Crippen LogP contribution in [0.15, 0.2) is 34.7 Å². The summed E-state index contributed by atoms with van der Waals surface area (Å²) in [7, 11) is 0. The molecule has 0 saturated carbocycles. The average Bonchev–Trinajstić information content (AvgIpc) is 3.09. The molecule has 1 atom stereocenters. The summed E-state index contributed by atoms with van der Waals surface area (Å²) in [5.74, 6) is 0.516. The zero-order valence-corrected chi connectivity index (χ0v) is 14.5. The van der Waals surface area contributed by atoms with Crippen molar-refractivity contribution in [1.29, 1.82) is 0 Å². The number of fused-ring (bicyclic) bond motifs is 1. The number of hydrogen-bond acceptors (Lipinski definition) is 4. The molecule has 1 unspecified atom stereocenters. The van der Waals surface area contributed by atoms with Gasteiger partial charge in [-0.15, -0.1) is 0 Å². The summed E-state index contributed by atoms with van der Waals surface area (Å²) in [5, 5.41) is 2.81. The zero-order valence-electron chi connectivity index (χ0n) is 14.5. The topological polar surface area (TPSA) is 79.6 Å². The van der Waals surface area contributed by atoms with Crippen LogP contribution in [0.1, 0.15) is 57.2 Å². The van der Waals surface area contributed by atoms with Gasteiger partial charge in [0.25, 0.3) is 11.8 Å². The number of furan rings is 1. The third-order valence-electron chi connectivity index (χ3n) is 4.25. The van der Waals surface area contributed by atoms with Gasteiger partial charge < -0.3 is 9.73 Å². The van der Waals surface area contributed by atoms with Crippen LogP contribution in [0.25, 0.3) is 0 Å². The number of benzene rings is 1. The monoisotopic (exact) mass is 340 g/mol. The maximum absolute atomic E-state index is 12.4. The maximum Gasteiger partial charge on any atom is 0.261 e. The Kier molecular flexibility index (Phi) is 4.44. The lowest BCUT2D eigenvalue weighted by Crippen LogP contribution is -2.35. The van der Waals surface area contributed by atoms with Crippen LogP contribution in [-0.4, -0.2) is 29.2 Å². The third kappa shape index (κ3) is 3.33. The first kappa shape index (κ1) is 17.0. The molecule has 25 heavy (non-hydrogen) atoms. The Labute approximate surface area is 145 Å². The molecule has 1 aromatic carbocycles. The minimum absolute atomic E-state index is 0.0501. The fraction of sp³-hybridized carbons (Fsp3) is 0.316. The number of hydrogen-bond donors (Lipinski definition) is 1. The van der Waals surface area contributed by atoms with Gasteiger partial charge in [-0.1, -0.05) is 11.6 Å². The molecule has 2 heterocycles. The van der Waals surface area contributed by atoms with Crippen LogP contribution in [0.3, 0.4) is 0 Å². The lowest BCUT2D eigenvalue weighted by atomic mass is 10.1. The van der Waals surface area contributed by atoms with E-state index in [1.807, 2.05) is 32.9 Å². The van der Waals surface area contributed by atoms with Gasteiger partial charge in [-0.05, 0) is 45.0 Å². The van der Waals surface area contributed by atoms with Crippen LogP contribution in [0.5, 0.6) is 0 Å². The van der Waals surface area contributed by atoms with Gasteiger partial charge in [0.1, 0.15) is 11.5 Å². The largest absolute Gasteiger partial charge is 0.464 e. The molecule has 6 heteroatoms. The molecule has 0 saturated heterocycles. The SMILES string of the molecule is Cc1ccc2c(c1)C(=O)N(CCC(=O)NC(C)c1ccc(C)o1)C2=O. The number of nitrogens with zero attached hydrogens (tertiary/aromatic N) is 1. The Morgan fingerprint density at radius 3 is 2.52 bits per heavy atom. The van der Waals surface area contributed by atoms with Crippen molar-refractivity contribution < 1.29 is 18.8 Å². The fourth-order valence-corrected chi connectivity index (χ4v) is 2.89. The second-order valence-electron chi connectivity index (χ2n) is 6.30. The fourth-order valence-electron chi connectivity index (χ4n) is 2.89. The van der Waals surface area contributed by atoms with Gasteiger partial charge in [0, 0.05) is 13.0 Å². The molecule has 0 fully saturated rings. The Balaban J connectivity index is 1.59. The van der Waals surface area contributed by atoms with E-state index in [-0.39, 0.29) is 36.7 Å². The third-order valence-corrected chi connectivity index (χ3v) is 4.25. The summed E-state index contributed by atoms with van der Waals surface area (Å²) in [5.41, 5.74) is 1.72. The van der Waals surface area contributed by atoms with E-state index in [1.165, 1.54) is 0 Å². The highest BCUT2D eigenvalue weighted by Gasteiger charge is 2.35. The standard InChI is InChI=1S/C19H20N2O4/c1-11-4-6-14-15(10-11)19(24)21(18(14)23)9-8-17(22)20-13(3)16-7-5-12(2)25-16/h4-7,10,13H,8-9H2,1-3H3,(H,20,22). The Hall–Kier alpha value is -2.89. The Morgan fingerprint density at radius 1 is 1.12 bits per heavy atom. The minimum Gasteiger partial charge on any atom is -0.464 e. The van der Waals surface area contributed by atoms with E-state index < -0.39 is 0 Å². The van der Waals surface area contributed by atoms with Crippen molar-refractivity contribution in [3.8, 4) is 0 Å². The van der Waals surface area contributed by atoms with Crippen molar-refractivity contribution in [2.75, 3.05) is 6.54 Å². The molecule has 1 N–H and O–H groups in total. The van der Waals surface area contributed by atoms with Crippen molar-refractivity contribution in [2.24, 2.45) is 0 Å². The molecule has 3 rings (SSSR count). The second kappa shape index (κ2) is 6.55. The molecule has 0 spiro atoms. The first-order chi connectivity index (χ1) is 11.9. The van der Waals surface area contributed by atoms with Gasteiger partial charge in [-0.3, -0.25) is 19.3 Å². The molecule has 1 aliphatic rings. The van der Waals surface area contributed by atoms with Crippen molar-refractivity contribution >= 4 is 17.7 Å².